The highest BCUT2D eigenvalue weighted by molar-refractivity contribution is 7.99. The van der Waals surface area contributed by atoms with Crippen molar-refractivity contribution in [1.29, 1.82) is 0 Å². The van der Waals surface area contributed by atoms with Crippen LogP contribution in [0.15, 0.2) is 9.95 Å². The van der Waals surface area contributed by atoms with Crippen molar-refractivity contribution in [3.05, 3.63) is 10.5 Å². The molecule has 0 saturated carbocycles. The SMILES string of the molecule is CC(C)NC(CCSc1n[nH]c(=O)n1C(C)C)C(N)=O. The van der Waals surface area contributed by atoms with E-state index in [2.05, 4.69) is 15.5 Å². The molecule has 0 saturated heterocycles. The smallest absolute Gasteiger partial charge is 0.344 e. The molecule has 0 aliphatic carbocycles. The maximum absolute atomic E-state index is 11.6. The molecule has 114 valence electrons. The second-order valence-corrected chi connectivity index (χ2v) is 6.25. The highest BCUT2D eigenvalue weighted by Crippen LogP contribution is 2.18. The minimum atomic E-state index is -0.360. The summed E-state index contributed by atoms with van der Waals surface area (Å²) in [6.45, 7) is 7.78. The van der Waals surface area contributed by atoms with Crippen molar-refractivity contribution < 1.29 is 4.79 Å². The van der Waals surface area contributed by atoms with Gasteiger partial charge in [-0.2, -0.15) is 0 Å². The van der Waals surface area contributed by atoms with Gasteiger partial charge < -0.3 is 11.1 Å². The molecule has 1 rings (SSSR count). The molecule has 8 heteroatoms. The molecule has 0 aliphatic rings. The molecule has 20 heavy (non-hydrogen) atoms. The van der Waals surface area contributed by atoms with Crippen LogP contribution in [0.1, 0.15) is 40.2 Å². The quantitative estimate of drug-likeness (QED) is 0.606. The number of nitrogens with zero attached hydrogens (tertiary/aromatic N) is 2. The fraction of sp³-hybridized carbons (Fsp3) is 0.750. The van der Waals surface area contributed by atoms with Gasteiger partial charge in [0.15, 0.2) is 5.16 Å². The molecule has 1 aromatic heterocycles. The lowest BCUT2D eigenvalue weighted by atomic mass is 10.2. The van der Waals surface area contributed by atoms with Crippen LogP contribution in [-0.4, -0.2) is 38.5 Å². The maximum Gasteiger partial charge on any atom is 0.344 e. The Morgan fingerprint density at radius 2 is 2.10 bits per heavy atom. The van der Waals surface area contributed by atoms with Crippen LogP contribution in [0.25, 0.3) is 0 Å². The summed E-state index contributed by atoms with van der Waals surface area (Å²) in [5.41, 5.74) is 5.15. The van der Waals surface area contributed by atoms with Crippen LogP contribution in [0.5, 0.6) is 0 Å². The minimum Gasteiger partial charge on any atom is -0.368 e. The molecule has 0 fully saturated rings. The van der Waals surface area contributed by atoms with Crippen molar-refractivity contribution in [3.63, 3.8) is 0 Å². The Morgan fingerprint density at radius 1 is 1.45 bits per heavy atom. The van der Waals surface area contributed by atoms with E-state index in [4.69, 9.17) is 5.73 Å². The van der Waals surface area contributed by atoms with E-state index in [9.17, 15) is 9.59 Å². The first kappa shape index (κ1) is 16.8. The van der Waals surface area contributed by atoms with E-state index in [1.54, 1.807) is 4.57 Å². The van der Waals surface area contributed by atoms with E-state index >= 15 is 0 Å². The Balaban J connectivity index is 2.59. The van der Waals surface area contributed by atoms with Gasteiger partial charge in [0.2, 0.25) is 5.91 Å². The van der Waals surface area contributed by atoms with Gasteiger partial charge in [-0.3, -0.25) is 9.36 Å². The Labute approximate surface area is 122 Å². The Kier molecular flexibility index (Phi) is 6.28. The van der Waals surface area contributed by atoms with Crippen molar-refractivity contribution in [2.24, 2.45) is 5.73 Å². The third-order valence-corrected chi connectivity index (χ3v) is 3.69. The van der Waals surface area contributed by atoms with Gasteiger partial charge in [-0.25, -0.2) is 9.89 Å². The number of aromatic nitrogens is 3. The first-order chi connectivity index (χ1) is 9.32. The minimum absolute atomic E-state index is 0.0458. The molecule has 1 amide bonds. The first-order valence-electron chi connectivity index (χ1n) is 6.68. The topological polar surface area (TPSA) is 106 Å². The second-order valence-electron chi connectivity index (χ2n) is 5.19. The number of nitrogens with one attached hydrogen (secondary N) is 2. The van der Waals surface area contributed by atoms with Gasteiger partial charge in [0.05, 0.1) is 6.04 Å². The Morgan fingerprint density at radius 3 is 2.60 bits per heavy atom. The van der Waals surface area contributed by atoms with Gasteiger partial charge in [0.25, 0.3) is 0 Å². The normalized spacial score (nSPS) is 13.1. The Bertz CT molecular complexity index is 494. The van der Waals surface area contributed by atoms with Crippen molar-refractivity contribution in [2.45, 2.75) is 57.4 Å². The zero-order chi connectivity index (χ0) is 15.3. The number of thioether (sulfide) groups is 1. The second kappa shape index (κ2) is 7.49. The number of amides is 1. The monoisotopic (exact) mass is 301 g/mol. The Hall–Kier alpha value is -1.28. The molecular weight excluding hydrogens is 278 g/mol. The summed E-state index contributed by atoms with van der Waals surface area (Å²) < 4.78 is 1.60. The van der Waals surface area contributed by atoms with Crippen molar-refractivity contribution in [3.8, 4) is 0 Å². The predicted molar refractivity (Wildman–Crippen MR) is 79.8 cm³/mol. The maximum atomic E-state index is 11.6. The van der Waals surface area contributed by atoms with Crippen molar-refractivity contribution in [1.82, 2.24) is 20.1 Å². The number of hydrogen-bond acceptors (Lipinski definition) is 5. The molecule has 7 nitrogen and oxygen atoms in total. The largest absolute Gasteiger partial charge is 0.368 e. The number of hydrogen-bond donors (Lipinski definition) is 3. The summed E-state index contributed by atoms with van der Waals surface area (Å²) in [4.78, 5) is 22.9. The van der Waals surface area contributed by atoms with E-state index in [-0.39, 0.29) is 29.7 Å². The average Bonchev–Trinajstić information content (AvgIpc) is 2.68. The van der Waals surface area contributed by atoms with Crippen LogP contribution >= 0.6 is 11.8 Å². The standard InChI is InChI=1S/C12H23N5O2S/c1-7(2)14-9(10(13)18)5-6-20-12-16-15-11(19)17(12)8(3)4/h7-9,14H,5-6H2,1-4H3,(H2,13,18)(H,15,19). The van der Waals surface area contributed by atoms with Crippen LogP contribution in [0.4, 0.5) is 0 Å². The zero-order valence-corrected chi connectivity index (χ0v) is 13.2. The molecule has 0 aliphatic heterocycles. The van der Waals surface area contributed by atoms with Crippen molar-refractivity contribution in [2.75, 3.05) is 5.75 Å². The fourth-order valence-corrected chi connectivity index (χ4v) is 2.90. The molecular formula is C12H23N5O2S. The molecule has 0 radical (unpaired) electrons. The number of aromatic amines is 1. The predicted octanol–water partition coefficient (Wildman–Crippen LogP) is 0.486. The molecule has 1 unspecified atom stereocenters. The van der Waals surface area contributed by atoms with Gasteiger partial charge in [-0.05, 0) is 20.3 Å². The first-order valence-corrected chi connectivity index (χ1v) is 7.66. The van der Waals surface area contributed by atoms with Gasteiger partial charge >= 0.3 is 5.69 Å². The third kappa shape index (κ3) is 4.68. The van der Waals surface area contributed by atoms with Gasteiger partial charge in [0, 0.05) is 17.8 Å². The molecule has 1 heterocycles. The summed E-state index contributed by atoms with van der Waals surface area (Å²) in [7, 11) is 0. The van der Waals surface area contributed by atoms with Crippen LogP contribution < -0.4 is 16.7 Å². The molecule has 1 atom stereocenters. The highest BCUT2D eigenvalue weighted by atomic mass is 32.2. The van der Waals surface area contributed by atoms with E-state index in [0.717, 1.165) is 0 Å². The average molecular weight is 301 g/mol. The summed E-state index contributed by atoms with van der Waals surface area (Å²) in [6, 6.07) is -0.123. The van der Waals surface area contributed by atoms with E-state index in [1.165, 1.54) is 11.8 Å². The molecule has 0 aromatic carbocycles. The summed E-state index contributed by atoms with van der Waals surface area (Å²) in [5, 5.41) is 10.2. The summed E-state index contributed by atoms with van der Waals surface area (Å²) in [5.74, 6) is 0.298. The molecule has 0 spiro atoms. The van der Waals surface area contributed by atoms with Crippen molar-refractivity contribution >= 4 is 17.7 Å². The van der Waals surface area contributed by atoms with Crippen LogP contribution in [0.3, 0.4) is 0 Å². The van der Waals surface area contributed by atoms with E-state index in [0.29, 0.717) is 17.3 Å². The number of rotatable bonds is 8. The van der Waals surface area contributed by atoms with E-state index < -0.39 is 0 Å². The van der Waals surface area contributed by atoms with Crippen LogP contribution in [0.2, 0.25) is 0 Å². The summed E-state index contributed by atoms with van der Waals surface area (Å²) >= 11 is 1.44. The number of nitrogens with two attached hydrogens (primary N) is 1. The molecule has 1 aromatic rings. The molecule has 0 bridgehead atoms. The van der Waals surface area contributed by atoms with Gasteiger partial charge in [-0.1, -0.05) is 25.6 Å². The lowest BCUT2D eigenvalue weighted by Gasteiger charge is -2.17. The lowest BCUT2D eigenvalue weighted by Crippen LogP contribution is -2.44. The summed E-state index contributed by atoms with van der Waals surface area (Å²) in [6.07, 6.45) is 0.595. The zero-order valence-electron chi connectivity index (χ0n) is 12.3. The number of H-pyrrole nitrogens is 1. The highest BCUT2D eigenvalue weighted by Gasteiger charge is 2.17. The van der Waals surface area contributed by atoms with E-state index in [1.807, 2.05) is 27.7 Å². The van der Waals surface area contributed by atoms with Gasteiger partial charge in [0.1, 0.15) is 0 Å². The number of primary amides is 1. The molecule has 4 N–H and O–H groups in total. The number of carbonyl (C=O) groups is 1. The van der Waals surface area contributed by atoms with Gasteiger partial charge in [-0.15, -0.1) is 5.10 Å². The van der Waals surface area contributed by atoms with Crippen LogP contribution in [0, 0.1) is 0 Å². The lowest BCUT2D eigenvalue weighted by molar-refractivity contribution is -0.120. The third-order valence-electron chi connectivity index (χ3n) is 2.70. The fourth-order valence-electron chi connectivity index (χ4n) is 1.83. The van der Waals surface area contributed by atoms with Crippen LogP contribution in [-0.2, 0) is 4.79 Å². The number of carbonyl (C=O) groups excluding carboxylic acids is 1.